The summed E-state index contributed by atoms with van der Waals surface area (Å²) in [5, 5.41) is 5.96. The van der Waals surface area contributed by atoms with Gasteiger partial charge in [0.05, 0.1) is 13.2 Å². The predicted octanol–water partition coefficient (Wildman–Crippen LogP) is 4.43. The van der Waals surface area contributed by atoms with Gasteiger partial charge in [-0.05, 0) is 34.7 Å². The van der Waals surface area contributed by atoms with Crippen LogP contribution in [0, 0.1) is 0 Å². The molecule has 1 fully saturated rings. The number of nitrogens with one attached hydrogen (secondary N) is 2. The first-order chi connectivity index (χ1) is 15.3. The molecule has 160 valence electrons. The molecule has 2 N–H and O–H groups in total. The summed E-state index contributed by atoms with van der Waals surface area (Å²) in [6, 6.07) is 26.4. The molecule has 5 heteroatoms. The Morgan fingerprint density at radius 1 is 0.806 bits per heavy atom. The number of hydrogen-bond acceptors (Lipinski definition) is 3. The van der Waals surface area contributed by atoms with Crippen molar-refractivity contribution < 1.29 is 9.53 Å². The summed E-state index contributed by atoms with van der Waals surface area (Å²) in [6.45, 7) is 5.02. The average Bonchev–Trinajstić information content (AvgIpc) is 2.81. The zero-order valence-corrected chi connectivity index (χ0v) is 17.7. The number of anilines is 1. The van der Waals surface area contributed by atoms with Crippen LogP contribution < -0.4 is 10.6 Å². The monoisotopic (exact) mass is 415 g/mol. The molecule has 1 aliphatic rings. The fraction of sp³-hybridized carbons (Fsp3) is 0.269. The lowest BCUT2D eigenvalue weighted by molar-refractivity contribution is 0.0342. The van der Waals surface area contributed by atoms with Crippen LogP contribution in [0.2, 0.25) is 0 Å². The molecule has 0 aromatic heterocycles. The molecule has 3 aromatic rings. The van der Waals surface area contributed by atoms with E-state index >= 15 is 0 Å². The van der Waals surface area contributed by atoms with Crippen LogP contribution in [0.3, 0.4) is 0 Å². The number of urea groups is 1. The molecule has 1 saturated heterocycles. The highest BCUT2D eigenvalue weighted by molar-refractivity contribution is 5.90. The van der Waals surface area contributed by atoms with E-state index in [0.29, 0.717) is 6.54 Å². The number of carbonyl (C=O) groups is 1. The van der Waals surface area contributed by atoms with Crippen LogP contribution in [0.25, 0.3) is 0 Å². The van der Waals surface area contributed by atoms with Crippen molar-refractivity contribution in [2.45, 2.75) is 19.5 Å². The highest BCUT2D eigenvalue weighted by Gasteiger charge is 2.11. The van der Waals surface area contributed by atoms with Crippen LogP contribution in [-0.4, -0.2) is 37.2 Å². The Bertz CT molecular complexity index is 967. The maximum Gasteiger partial charge on any atom is 0.319 e. The number of morpholine rings is 1. The van der Waals surface area contributed by atoms with Crippen molar-refractivity contribution in [3.8, 4) is 0 Å². The lowest BCUT2D eigenvalue weighted by Gasteiger charge is -2.26. The Morgan fingerprint density at radius 3 is 2.26 bits per heavy atom. The normalized spacial score (nSPS) is 14.2. The van der Waals surface area contributed by atoms with Crippen molar-refractivity contribution in [1.82, 2.24) is 10.2 Å². The van der Waals surface area contributed by atoms with Crippen molar-refractivity contribution in [3.05, 3.63) is 101 Å². The van der Waals surface area contributed by atoms with Crippen LogP contribution in [0.15, 0.2) is 78.9 Å². The Hall–Kier alpha value is -3.15. The maximum atomic E-state index is 12.5. The molecule has 0 aliphatic carbocycles. The van der Waals surface area contributed by atoms with Gasteiger partial charge in [0.1, 0.15) is 0 Å². The smallest absolute Gasteiger partial charge is 0.319 e. The van der Waals surface area contributed by atoms with Crippen molar-refractivity contribution in [3.63, 3.8) is 0 Å². The molecule has 31 heavy (non-hydrogen) atoms. The number of amides is 2. The van der Waals surface area contributed by atoms with Gasteiger partial charge >= 0.3 is 6.03 Å². The maximum absolute atomic E-state index is 12.5. The Kier molecular flexibility index (Phi) is 7.32. The van der Waals surface area contributed by atoms with E-state index in [-0.39, 0.29) is 6.03 Å². The third-order valence-corrected chi connectivity index (χ3v) is 5.49. The molecular formula is C26H29N3O2. The molecule has 3 aromatic carbocycles. The standard InChI is InChI=1S/C26H29N3O2/c30-26(28-25-9-5-4-8-24(25)18-21-6-2-1-3-7-21)27-19-22-10-12-23(13-11-22)20-29-14-16-31-17-15-29/h1-13H,14-20H2,(H2,27,28,30). The molecule has 0 bridgehead atoms. The van der Waals surface area contributed by atoms with Crippen molar-refractivity contribution in [2.24, 2.45) is 0 Å². The molecule has 2 amide bonds. The molecule has 4 rings (SSSR count). The van der Waals surface area contributed by atoms with Gasteiger partial charge in [-0.25, -0.2) is 4.79 Å². The van der Waals surface area contributed by atoms with Crippen molar-refractivity contribution in [2.75, 3.05) is 31.6 Å². The lowest BCUT2D eigenvalue weighted by Crippen LogP contribution is -2.35. The number of nitrogens with zero attached hydrogens (tertiary/aromatic N) is 1. The number of ether oxygens (including phenoxy) is 1. The number of carbonyl (C=O) groups excluding carboxylic acids is 1. The van der Waals surface area contributed by atoms with E-state index in [1.54, 1.807) is 0 Å². The van der Waals surface area contributed by atoms with Crippen LogP contribution >= 0.6 is 0 Å². The summed E-state index contributed by atoms with van der Waals surface area (Å²) in [7, 11) is 0. The third-order valence-electron chi connectivity index (χ3n) is 5.49. The molecule has 1 heterocycles. The highest BCUT2D eigenvalue weighted by Crippen LogP contribution is 2.19. The van der Waals surface area contributed by atoms with Crippen molar-refractivity contribution >= 4 is 11.7 Å². The Labute approximate surface area is 184 Å². The van der Waals surface area contributed by atoms with E-state index < -0.39 is 0 Å². The van der Waals surface area contributed by atoms with E-state index in [0.717, 1.165) is 56.1 Å². The second-order valence-corrected chi connectivity index (χ2v) is 7.83. The SMILES string of the molecule is O=C(NCc1ccc(CN2CCOCC2)cc1)Nc1ccccc1Cc1ccccc1. The van der Waals surface area contributed by atoms with Gasteiger partial charge in [-0.15, -0.1) is 0 Å². The largest absolute Gasteiger partial charge is 0.379 e. The van der Waals surface area contributed by atoms with Crippen LogP contribution in [0.4, 0.5) is 10.5 Å². The van der Waals surface area contributed by atoms with E-state index in [9.17, 15) is 4.79 Å². The van der Waals surface area contributed by atoms with E-state index in [2.05, 4.69) is 58.0 Å². The van der Waals surface area contributed by atoms with Gasteiger partial charge in [0.25, 0.3) is 0 Å². The minimum atomic E-state index is -0.196. The van der Waals surface area contributed by atoms with Gasteiger partial charge in [-0.2, -0.15) is 0 Å². The topological polar surface area (TPSA) is 53.6 Å². The molecule has 0 saturated carbocycles. The summed E-state index contributed by atoms with van der Waals surface area (Å²) in [5.74, 6) is 0. The number of hydrogen-bond donors (Lipinski definition) is 2. The van der Waals surface area contributed by atoms with Gasteiger partial charge < -0.3 is 15.4 Å². The van der Waals surface area contributed by atoms with Gasteiger partial charge in [-0.1, -0.05) is 72.8 Å². The van der Waals surface area contributed by atoms with Gasteiger partial charge in [0, 0.05) is 31.9 Å². The lowest BCUT2D eigenvalue weighted by atomic mass is 10.0. The first kappa shape index (κ1) is 21.1. The van der Waals surface area contributed by atoms with Gasteiger partial charge in [0.2, 0.25) is 0 Å². The average molecular weight is 416 g/mol. The van der Waals surface area contributed by atoms with E-state index in [4.69, 9.17) is 4.74 Å². The molecule has 0 atom stereocenters. The molecule has 0 spiro atoms. The molecule has 0 unspecified atom stereocenters. The zero-order chi connectivity index (χ0) is 21.3. The zero-order valence-electron chi connectivity index (χ0n) is 17.7. The van der Waals surface area contributed by atoms with E-state index in [1.165, 1.54) is 11.1 Å². The summed E-state index contributed by atoms with van der Waals surface area (Å²) in [6.07, 6.45) is 0.780. The Balaban J connectivity index is 1.28. The Morgan fingerprint density at radius 2 is 1.48 bits per heavy atom. The van der Waals surface area contributed by atoms with Crippen molar-refractivity contribution in [1.29, 1.82) is 0 Å². The molecule has 5 nitrogen and oxygen atoms in total. The first-order valence-corrected chi connectivity index (χ1v) is 10.8. The second-order valence-electron chi connectivity index (χ2n) is 7.83. The number of para-hydroxylation sites is 1. The summed E-state index contributed by atoms with van der Waals surface area (Å²) in [5.41, 5.74) is 5.51. The van der Waals surface area contributed by atoms with Crippen LogP contribution in [0.5, 0.6) is 0 Å². The second kappa shape index (κ2) is 10.8. The minimum absolute atomic E-state index is 0.196. The third kappa shape index (κ3) is 6.41. The van der Waals surface area contributed by atoms with Gasteiger partial charge in [-0.3, -0.25) is 4.90 Å². The highest BCUT2D eigenvalue weighted by atomic mass is 16.5. The number of rotatable bonds is 7. The number of benzene rings is 3. The van der Waals surface area contributed by atoms with Gasteiger partial charge in [0.15, 0.2) is 0 Å². The summed E-state index contributed by atoms with van der Waals surface area (Å²) >= 11 is 0. The fourth-order valence-corrected chi connectivity index (χ4v) is 3.74. The minimum Gasteiger partial charge on any atom is -0.379 e. The summed E-state index contributed by atoms with van der Waals surface area (Å²) < 4.78 is 5.40. The first-order valence-electron chi connectivity index (χ1n) is 10.8. The quantitative estimate of drug-likeness (QED) is 0.600. The summed E-state index contributed by atoms with van der Waals surface area (Å²) in [4.78, 5) is 14.9. The molecular weight excluding hydrogens is 386 g/mol. The van der Waals surface area contributed by atoms with Crippen LogP contribution in [0.1, 0.15) is 22.3 Å². The molecule has 1 aliphatic heterocycles. The van der Waals surface area contributed by atoms with E-state index in [1.807, 2.05) is 36.4 Å². The van der Waals surface area contributed by atoms with Crippen LogP contribution in [-0.2, 0) is 24.2 Å². The fourth-order valence-electron chi connectivity index (χ4n) is 3.74. The molecule has 0 radical (unpaired) electrons. The predicted molar refractivity (Wildman–Crippen MR) is 124 cm³/mol.